The van der Waals surface area contributed by atoms with Gasteiger partial charge < -0.3 is 5.32 Å². The lowest BCUT2D eigenvalue weighted by molar-refractivity contribution is 0.0162. The van der Waals surface area contributed by atoms with E-state index in [9.17, 15) is 0 Å². The standard InChI is InChI=1S/C19H30N2/c1-15-13-20-19(4,16-9-6-5-7-10-16)14-21(15)17-11-8-12-18(17,2)3/h5-7,9-10,15,17,20H,8,11-14H2,1-4H3. The average Bonchev–Trinajstić information content (AvgIpc) is 2.82. The Morgan fingerprint density at radius 3 is 2.48 bits per heavy atom. The maximum Gasteiger partial charge on any atom is 0.0535 e. The number of benzene rings is 1. The molecule has 2 nitrogen and oxygen atoms in total. The molecule has 1 saturated heterocycles. The Morgan fingerprint density at radius 1 is 1.14 bits per heavy atom. The molecule has 1 N–H and O–H groups in total. The van der Waals surface area contributed by atoms with Crippen LogP contribution in [0.3, 0.4) is 0 Å². The average molecular weight is 286 g/mol. The van der Waals surface area contributed by atoms with Crippen LogP contribution in [0.15, 0.2) is 30.3 Å². The third kappa shape index (κ3) is 2.76. The van der Waals surface area contributed by atoms with Gasteiger partial charge in [-0.1, -0.05) is 50.6 Å². The molecule has 0 amide bonds. The minimum absolute atomic E-state index is 0.0758. The minimum atomic E-state index is 0.0758. The normalized spacial score (nSPS) is 36.8. The maximum atomic E-state index is 3.80. The van der Waals surface area contributed by atoms with E-state index in [1.165, 1.54) is 24.8 Å². The van der Waals surface area contributed by atoms with E-state index in [0.29, 0.717) is 11.5 Å². The van der Waals surface area contributed by atoms with Crippen molar-refractivity contribution < 1.29 is 0 Å². The molecule has 3 unspecified atom stereocenters. The molecule has 1 aromatic rings. The van der Waals surface area contributed by atoms with Crippen LogP contribution in [0.1, 0.15) is 52.5 Å². The van der Waals surface area contributed by atoms with Gasteiger partial charge in [0, 0.05) is 25.2 Å². The van der Waals surface area contributed by atoms with Crippen LogP contribution in [-0.4, -0.2) is 30.1 Å². The van der Waals surface area contributed by atoms with Gasteiger partial charge in [0.2, 0.25) is 0 Å². The Morgan fingerprint density at radius 2 is 1.86 bits per heavy atom. The van der Waals surface area contributed by atoms with E-state index in [4.69, 9.17) is 0 Å². The van der Waals surface area contributed by atoms with Crippen LogP contribution >= 0.6 is 0 Å². The lowest BCUT2D eigenvalue weighted by Gasteiger charge is -2.50. The van der Waals surface area contributed by atoms with E-state index in [1.54, 1.807) is 0 Å². The fraction of sp³-hybridized carbons (Fsp3) is 0.684. The lowest BCUT2D eigenvalue weighted by Crippen LogP contribution is -2.64. The first-order chi connectivity index (χ1) is 9.92. The van der Waals surface area contributed by atoms with Crippen molar-refractivity contribution in [2.75, 3.05) is 13.1 Å². The van der Waals surface area contributed by atoms with Crippen molar-refractivity contribution in [1.29, 1.82) is 0 Å². The quantitative estimate of drug-likeness (QED) is 0.890. The third-order valence-electron chi connectivity index (χ3n) is 5.86. The van der Waals surface area contributed by atoms with Crippen molar-refractivity contribution in [3.05, 3.63) is 35.9 Å². The molecule has 0 spiro atoms. The molecule has 21 heavy (non-hydrogen) atoms. The Balaban J connectivity index is 1.85. The van der Waals surface area contributed by atoms with Crippen molar-refractivity contribution in [2.45, 2.75) is 64.6 Å². The van der Waals surface area contributed by atoms with E-state index in [-0.39, 0.29) is 5.54 Å². The first-order valence-electron chi connectivity index (χ1n) is 8.49. The SMILES string of the molecule is CC1CNC(C)(c2ccccc2)CN1C1CCCC1(C)C. The second-order valence-electron chi connectivity index (χ2n) is 8.00. The molecule has 0 bridgehead atoms. The van der Waals surface area contributed by atoms with Crippen LogP contribution in [0.4, 0.5) is 0 Å². The van der Waals surface area contributed by atoms with Crippen LogP contribution in [0.5, 0.6) is 0 Å². The molecule has 1 aromatic carbocycles. The molecule has 0 radical (unpaired) electrons. The molecular weight excluding hydrogens is 256 g/mol. The highest BCUT2D eigenvalue weighted by molar-refractivity contribution is 5.25. The molecule has 1 aliphatic carbocycles. The molecule has 0 aromatic heterocycles. The van der Waals surface area contributed by atoms with Crippen LogP contribution < -0.4 is 5.32 Å². The molecule has 3 rings (SSSR count). The zero-order valence-corrected chi connectivity index (χ0v) is 14.0. The summed E-state index contributed by atoms with van der Waals surface area (Å²) in [7, 11) is 0. The number of piperazine rings is 1. The molecule has 1 aliphatic heterocycles. The monoisotopic (exact) mass is 286 g/mol. The Kier molecular flexibility index (Phi) is 3.87. The number of hydrogen-bond donors (Lipinski definition) is 1. The summed E-state index contributed by atoms with van der Waals surface area (Å²) in [6.07, 6.45) is 4.12. The van der Waals surface area contributed by atoms with Gasteiger partial charge in [-0.25, -0.2) is 0 Å². The molecule has 3 atom stereocenters. The summed E-state index contributed by atoms with van der Waals surface area (Å²) in [5.74, 6) is 0. The Labute approximate surface area is 129 Å². The predicted octanol–water partition coefficient (Wildman–Crippen LogP) is 3.77. The first kappa shape index (κ1) is 15.1. The van der Waals surface area contributed by atoms with E-state index >= 15 is 0 Å². The van der Waals surface area contributed by atoms with Crippen molar-refractivity contribution >= 4 is 0 Å². The van der Waals surface area contributed by atoms with Gasteiger partial charge in [-0.05, 0) is 37.7 Å². The van der Waals surface area contributed by atoms with Crippen LogP contribution in [0, 0.1) is 5.41 Å². The van der Waals surface area contributed by atoms with Gasteiger partial charge in [0.1, 0.15) is 0 Å². The number of nitrogens with zero attached hydrogens (tertiary/aromatic N) is 1. The van der Waals surface area contributed by atoms with Gasteiger partial charge in [0.15, 0.2) is 0 Å². The largest absolute Gasteiger partial charge is 0.305 e. The highest BCUT2D eigenvalue weighted by atomic mass is 15.3. The highest BCUT2D eigenvalue weighted by Gasteiger charge is 2.44. The van der Waals surface area contributed by atoms with E-state index < -0.39 is 0 Å². The number of nitrogens with one attached hydrogen (secondary N) is 1. The van der Waals surface area contributed by atoms with Gasteiger partial charge >= 0.3 is 0 Å². The summed E-state index contributed by atoms with van der Waals surface area (Å²) in [6.45, 7) is 11.9. The molecule has 116 valence electrons. The molecule has 2 aliphatic rings. The molecule has 1 heterocycles. The van der Waals surface area contributed by atoms with Crippen LogP contribution in [0.25, 0.3) is 0 Å². The van der Waals surface area contributed by atoms with Gasteiger partial charge in [0.25, 0.3) is 0 Å². The predicted molar refractivity (Wildman–Crippen MR) is 89.4 cm³/mol. The summed E-state index contributed by atoms with van der Waals surface area (Å²) in [5, 5.41) is 3.80. The Bertz CT molecular complexity index is 482. The van der Waals surface area contributed by atoms with Crippen LogP contribution in [-0.2, 0) is 5.54 Å². The summed E-state index contributed by atoms with van der Waals surface area (Å²) in [4.78, 5) is 2.79. The fourth-order valence-electron chi connectivity index (χ4n) is 4.41. The molecule has 2 fully saturated rings. The minimum Gasteiger partial charge on any atom is -0.305 e. The fourth-order valence-corrected chi connectivity index (χ4v) is 4.41. The number of hydrogen-bond acceptors (Lipinski definition) is 2. The maximum absolute atomic E-state index is 3.80. The van der Waals surface area contributed by atoms with E-state index in [0.717, 1.165) is 19.1 Å². The molecule has 1 saturated carbocycles. The topological polar surface area (TPSA) is 15.3 Å². The van der Waals surface area contributed by atoms with Gasteiger partial charge in [0.05, 0.1) is 5.54 Å². The van der Waals surface area contributed by atoms with Crippen molar-refractivity contribution in [3.8, 4) is 0 Å². The Hall–Kier alpha value is -0.860. The van der Waals surface area contributed by atoms with Crippen molar-refractivity contribution in [3.63, 3.8) is 0 Å². The van der Waals surface area contributed by atoms with Crippen molar-refractivity contribution in [1.82, 2.24) is 10.2 Å². The van der Waals surface area contributed by atoms with Crippen LogP contribution in [0.2, 0.25) is 0 Å². The highest BCUT2D eigenvalue weighted by Crippen LogP contribution is 2.43. The van der Waals surface area contributed by atoms with Gasteiger partial charge in [-0.3, -0.25) is 4.90 Å². The second kappa shape index (κ2) is 5.40. The summed E-state index contributed by atoms with van der Waals surface area (Å²) >= 11 is 0. The summed E-state index contributed by atoms with van der Waals surface area (Å²) < 4.78 is 0. The second-order valence-corrected chi connectivity index (χ2v) is 8.00. The van der Waals surface area contributed by atoms with E-state index in [2.05, 4.69) is 68.2 Å². The zero-order valence-electron chi connectivity index (χ0n) is 14.0. The first-order valence-corrected chi connectivity index (χ1v) is 8.49. The number of rotatable bonds is 2. The van der Waals surface area contributed by atoms with E-state index in [1.807, 2.05) is 0 Å². The van der Waals surface area contributed by atoms with Gasteiger partial charge in [-0.2, -0.15) is 0 Å². The summed E-state index contributed by atoms with van der Waals surface area (Å²) in [5.41, 5.74) is 1.95. The smallest absolute Gasteiger partial charge is 0.0535 e. The van der Waals surface area contributed by atoms with Crippen molar-refractivity contribution in [2.24, 2.45) is 5.41 Å². The molecule has 2 heteroatoms. The lowest BCUT2D eigenvalue weighted by atomic mass is 9.82. The zero-order chi connectivity index (χ0) is 15.1. The summed E-state index contributed by atoms with van der Waals surface area (Å²) in [6, 6.07) is 12.3. The molecular formula is C19H30N2. The van der Waals surface area contributed by atoms with Gasteiger partial charge in [-0.15, -0.1) is 0 Å². The third-order valence-corrected chi connectivity index (χ3v) is 5.86.